The Bertz CT molecular complexity index is 693. The monoisotopic (exact) mass is 320 g/mol. The minimum atomic E-state index is -0.938. The Morgan fingerprint density at radius 1 is 1.13 bits per heavy atom. The Morgan fingerprint density at radius 2 is 1.78 bits per heavy atom. The number of carbonyl (C=O) groups is 1. The first-order chi connectivity index (χ1) is 10.7. The number of pyridine rings is 2. The van der Waals surface area contributed by atoms with Crippen LogP contribution in [-0.4, -0.2) is 22.4 Å². The third-order valence-corrected chi connectivity index (χ3v) is 2.80. The molecule has 5 nitrogen and oxygen atoms in total. The van der Waals surface area contributed by atoms with Crippen molar-refractivity contribution in [2.24, 2.45) is 5.41 Å². The molecule has 0 unspecified atom stereocenters. The second kappa shape index (κ2) is 6.68. The van der Waals surface area contributed by atoms with Crippen molar-refractivity contribution in [2.45, 2.75) is 20.8 Å². The minimum Gasteiger partial charge on any atom is -0.350 e. The van der Waals surface area contributed by atoms with E-state index >= 15 is 0 Å². The van der Waals surface area contributed by atoms with Crippen LogP contribution in [0.4, 0.5) is 20.3 Å². The Balaban J connectivity index is 2.11. The quantitative estimate of drug-likeness (QED) is 0.849. The molecule has 2 aromatic heterocycles. The normalized spacial score (nSPS) is 11.2. The van der Waals surface area contributed by atoms with Crippen LogP contribution in [0.2, 0.25) is 0 Å². The van der Waals surface area contributed by atoms with Gasteiger partial charge in [0.05, 0.1) is 0 Å². The van der Waals surface area contributed by atoms with E-state index in [1.165, 1.54) is 0 Å². The van der Waals surface area contributed by atoms with Crippen molar-refractivity contribution in [3.8, 4) is 0 Å². The molecular formula is C16H18F2N4O. The smallest absolute Gasteiger partial charge is 0.269 e. The van der Waals surface area contributed by atoms with Crippen LogP contribution in [-0.2, 0) is 0 Å². The van der Waals surface area contributed by atoms with E-state index in [0.717, 1.165) is 12.1 Å². The summed E-state index contributed by atoms with van der Waals surface area (Å²) in [5, 5.41) is 5.53. The van der Waals surface area contributed by atoms with E-state index in [1.54, 1.807) is 18.2 Å². The van der Waals surface area contributed by atoms with Crippen molar-refractivity contribution in [3.63, 3.8) is 0 Å². The molecule has 0 saturated heterocycles. The van der Waals surface area contributed by atoms with Crippen LogP contribution in [0.1, 0.15) is 31.3 Å². The fraction of sp³-hybridized carbons (Fsp3) is 0.312. The molecule has 0 radical (unpaired) electrons. The lowest BCUT2D eigenvalue weighted by atomic mass is 9.97. The molecule has 0 aliphatic carbocycles. The van der Waals surface area contributed by atoms with Gasteiger partial charge in [0.25, 0.3) is 5.91 Å². The molecule has 23 heavy (non-hydrogen) atoms. The van der Waals surface area contributed by atoms with Crippen molar-refractivity contribution in [1.82, 2.24) is 15.3 Å². The molecule has 1 amide bonds. The van der Waals surface area contributed by atoms with Crippen LogP contribution in [0.25, 0.3) is 0 Å². The van der Waals surface area contributed by atoms with Crippen LogP contribution >= 0.6 is 0 Å². The van der Waals surface area contributed by atoms with E-state index in [1.807, 2.05) is 20.8 Å². The molecule has 0 bridgehead atoms. The van der Waals surface area contributed by atoms with E-state index < -0.39 is 11.9 Å². The first-order valence-corrected chi connectivity index (χ1v) is 7.08. The maximum Gasteiger partial charge on any atom is 0.269 e. The number of nitrogens with one attached hydrogen (secondary N) is 2. The number of aromatic nitrogens is 2. The second-order valence-electron chi connectivity index (χ2n) is 6.28. The number of hydrogen-bond acceptors (Lipinski definition) is 4. The number of hydrogen-bond donors (Lipinski definition) is 2. The first kappa shape index (κ1) is 16.8. The van der Waals surface area contributed by atoms with Crippen LogP contribution in [0.15, 0.2) is 30.3 Å². The van der Waals surface area contributed by atoms with E-state index in [4.69, 9.17) is 0 Å². The largest absolute Gasteiger partial charge is 0.350 e. The highest BCUT2D eigenvalue weighted by Crippen LogP contribution is 2.16. The van der Waals surface area contributed by atoms with Gasteiger partial charge in [0.1, 0.15) is 11.5 Å². The Morgan fingerprint density at radius 3 is 2.39 bits per heavy atom. The van der Waals surface area contributed by atoms with Gasteiger partial charge < -0.3 is 10.6 Å². The summed E-state index contributed by atoms with van der Waals surface area (Å²) in [5.41, 5.74) is 0.335. The molecule has 0 aliphatic heterocycles. The lowest BCUT2D eigenvalue weighted by Crippen LogP contribution is -2.32. The Hall–Kier alpha value is -2.57. The van der Waals surface area contributed by atoms with E-state index in [-0.39, 0.29) is 22.7 Å². The molecule has 7 heteroatoms. The van der Waals surface area contributed by atoms with Gasteiger partial charge in [-0.2, -0.15) is 13.8 Å². The van der Waals surface area contributed by atoms with E-state index in [9.17, 15) is 13.6 Å². The van der Waals surface area contributed by atoms with Crippen molar-refractivity contribution >= 4 is 17.4 Å². The van der Waals surface area contributed by atoms with E-state index in [2.05, 4.69) is 20.6 Å². The van der Waals surface area contributed by atoms with Crippen LogP contribution in [0.3, 0.4) is 0 Å². The van der Waals surface area contributed by atoms with Crippen molar-refractivity contribution in [2.75, 3.05) is 11.9 Å². The summed E-state index contributed by atoms with van der Waals surface area (Å²) in [5.74, 6) is -1.88. The summed E-state index contributed by atoms with van der Waals surface area (Å²) in [6, 6.07) is 6.87. The third kappa shape index (κ3) is 5.28. The standard InChI is InChI=1S/C16H18F2N4O/c1-16(2,3)9-19-15(23)11-5-4-6-14(21-11)20-10-7-12(17)22-13(18)8-10/h4-8H,9H2,1-3H3,(H,19,23)(H,20,21,22). The molecule has 2 aromatic rings. The maximum atomic E-state index is 13.1. The molecule has 0 aromatic carbocycles. The van der Waals surface area contributed by atoms with Gasteiger partial charge in [-0.15, -0.1) is 0 Å². The average molecular weight is 320 g/mol. The van der Waals surface area contributed by atoms with Gasteiger partial charge in [-0.1, -0.05) is 26.8 Å². The van der Waals surface area contributed by atoms with Gasteiger partial charge in [0.15, 0.2) is 0 Å². The number of amides is 1. The molecular weight excluding hydrogens is 302 g/mol. The second-order valence-corrected chi connectivity index (χ2v) is 6.28. The summed E-state index contributed by atoms with van der Waals surface area (Å²) in [6.45, 7) is 6.52. The highest BCUT2D eigenvalue weighted by Gasteiger charge is 2.14. The fourth-order valence-electron chi connectivity index (χ4n) is 1.75. The highest BCUT2D eigenvalue weighted by atomic mass is 19.1. The van der Waals surface area contributed by atoms with Crippen LogP contribution < -0.4 is 10.6 Å². The molecule has 2 N–H and O–H groups in total. The van der Waals surface area contributed by atoms with Gasteiger partial charge in [-0.3, -0.25) is 4.79 Å². The summed E-state index contributed by atoms with van der Waals surface area (Å²) in [6.07, 6.45) is 0. The predicted octanol–water partition coefficient (Wildman–Crippen LogP) is 3.27. The summed E-state index contributed by atoms with van der Waals surface area (Å²) in [4.78, 5) is 19.2. The zero-order valence-electron chi connectivity index (χ0n) is 13.2. The first-order valence-electron chi connectivity index (χ1n) is 7.08. The summed E-state index contributed by atoms with van der Waals surface area (Å²) >= 11 is 0. The number of rotatable bonds is 4. The molecule has 2 rings (SSSR count). The van der Waals surface area contributed by atoms with Crippen LogP contribution in [0, 0.1) is 17.3 Å². The topological polar surface area (TPSA) is 66.9 Å². The van der Waals surface area contributed by atoms with Gasteiger partial charge >= 0.3 is 0 Å². The van der Waals surface area contributed by atoms with Crippen molar-refractivity contribution < 1.29 is 13.6 Å². The number of halogens is 2. The number of nitrogens with zero attached hydrogens (tertiary/aromatic N) is 2. The number of anilines is 2. The van der Waals surface area contributed by atoms with E-state index in [0.29, 0.717) is 12.4 Å². The molecule has 0 spiro atoms. The number of carbonyl (C=O) groups excluding carboxylic acids is 1. The molecule has 2 heterocycles. The van der Waals surface area contributed by atoms with Crippen molar-refractivity contribution in [3.05, 3.63) is 47.9 Å². The zero-order valence-corrected chi connectivity index (χ0v) is 13.2. The van der Waals surface area contributed by atoms with Gasteiger partial charge in [0.2, 0.25) is 11.9 Å². The fourth-order valence-corrected chi connectivity index (χ4v) is 1.75. The lowest BCUT2D eigenvalue weighted by molar-refractivity contribution is 0.0934. The van der Waals surface area contributed by atoms with Gasteiger partial charge in [-0.25, -0.2) is 4.98 Å². The molecule has 0 aliphatic rings. The lowest BCUT2D eigenvalue weighted by Gasteiger charge is -2.18. The summed E-state index contributed by atoms with van der Waals surface area (Å²) < 4.78 is 26.1. The predicted molar refractivity (Wildman–Crippen MR) is 83.5 cm³/mol. The summed E-state index contributed by atoms with van der Waals surface area (Å²) in [7, 11) is 0. The molecule has 0 saturated carbocycles. The van der Waals surface area contributed by atoms with Gasteiger partial charge in [0, 0.05) is 24.4 Å². The third-order valence-electron chi connectivity index (χ3n) is 2.80. The minimum absolute atomic E-state index is 0.0440. The Kier molecular flexibility index (Phi) is 4.88. The van der Waals surface area contributed by atoms with Crippen LogP contribution in [0.5, 0.6) is 0 Å². The maximum absolute atomic E-state index is 13.1. The molecule has 0 atom stereocenters. The highest BCUT2D eigenvalue weighted by molar-refractivity contribution is 5.92. The SMILES string of the molecule is CC(C)(C)CNC(=O)c1cccc(Nc2cc(F)nc(F)c2)n1. The molecule has 0 fully saturated rings. The van der Waals surface area contributed by atoms with Gasteiger partial charge in [-0.05, 0) is 17.5 Å². The average Bonchev–Trinajstić information content (AvgIpc) is 2.43. The zero-order chi connectivity index (χ0) is 17.0. The molecule has 122 valence electrons. The van der Waals surface area contributed by atoms with Crippen molar-refractivity contribution in [1.29, 1.82) is 0 Å². The Labute approximate surface area is 133 Å².